The fourth-order valence-corrected chi connectivity index (χ4v) is 2.44. The second kappa shape index (κ2) is 8.26. The normalized spacial score (nSPS) is 15.0. The Hall–Kier alpha value is -0.0800. The molecule has 0 rings (SSSR count). The van der Waals surface area contributed by atoms with E-state index < -0.39 is 0 Å². The Balaban J connectivity index is 3.87. The zero-order valence-electron chi connectivity index (χ0n) is 14.8. The van der Waals surface area contributed by atoms with Crippen molar-refractivity contribution in [1.29, 1.82) is 0 Å². The van der Waals surface area contributed by atoms with Gasteiger partial charge in [-0.15, -0.1) is 0 Å². The van der Waals surface area contributed by atoms with Crippen LogP contribution in [-0.4, -0.2) is 44.3 Å². The molecule has 1 N–H and O–H groups in total. The van der Waals surface area contributed by atoms with Crippen molar-refractivity contribution < 1.29 is 4.48 Å². The zero-order chi connectivity index (χ0) is 15.1. The summed E-state index contributed by atoms with van der Waals surface area (Å²) >= 11 is 0. The molecule has 0 aromatic heterocycles. The van der Waals surface area contributed by atoms with E-state index in [4.69, 9.17) is 0 Å². The highest BCUT2D eigenvalue weighted by atomic mass is 15.3. The molecule has 0 fully saturated rings. The highest BCUT2D eigenvalue weighted by Gasteiger charge is 2.15. The summed E-state index contributed by atoms with van der Waals surface area (Å²) in [4.78, 5) is 0. The van der Waals surface area contributed by atoms with Crippen LogP contribution in [0.5, 0.6) is 0 Å². The highest BCUT2D eigenvalue weighted by Crippen LogP contribution is 2.22. The van der Waals surface area contributed by atoms with Gasteiger partial charge in [0, 0.05) is 5.54 Å². The van der Waals surface area contributed by atoms with Crippen molar-refractivity contribution in [1.82, 2.24) is 5.32 Å². The molecule has 0 aliphatic carbocycles. The van der Waals surface area contributed by atoms with E-state index in [2.05, 4.69) is 61.1 Å². The lowest BCUT2D eigenvalue weighted by atomic mass is 9.87. The van der Waals surface area contributed by atoms with Crippen LogP contribution in [0.2, 0.25) is 0 Å². The molecule has 0 radical (unpaired) electrons. The highest BCUT2D eigenvalue weighted by molar-refractivity contribution is 4.72. The number of nitrogens with zero attached hydrogens (tertiary/aromatic N) is 1. The largest absolute Gasteiger partial charge is 0.331 e. The topological polar surface area (TPSA) is 12.0 Å². The molecule has 0 bridgehead atoms. The Morgan fingerprint density at radius 2 is 1.53 bits per heavy atom. The van der Waals surface area contributed by atoms with E-state index in [1.54, 1.807) is 0 Å². The minimum atomic E-state index is 0.255. The Labute approximate surface area is 122 Å². The average molecular weight is 272 g/mol. The van der Waals surface area contributed by atoms with Crippen molar-refractivity contribution in [2.45, 2.75) is 65.8 Å². The summed E-state index contributed by atoms with van der Waals surface area (Å²) in [6, 6.07) is 0. The quantitative estimate of drug-likeness (QED) is 0.495. The molecule has 0 aromatic carbocycles. The van der Waals surface area contributed by atoms with E-state index in [0.29, 0.717) is 0 Å². The Bertz CT molecular complexity index is 220. The van der Waals surface area contributed by atoms with Crippen molar-refractivity contribution in [2.24, 2.45) is 11.8 Å². The number of hydrogen-bond donors (Lipinski definition) is 1. The first-order valence-electron chi connectivity index (χ1n) is 8.07. The van der Waals surface area contributed by atoms with Gasteiger partial charge in [0.2, 0.25) is 0 Å². The van der Waals surface area contributed by atoms with Crippen molar-refractivity contribution in [3.05, 3.63) is 0 Å². The number of nitrogens with one attached hydrogen (secondary N) is 1. The standard InChI is InChI=1S/C17H39N2/c1-15(2)16(12-13-18-17(3,4)5)11-9-10-14-19(6,7)8/h15-16,18H,9-14H2,1-8H3/q+1. The van der Waals surface area contributed by atoms with Crippen LogP contribution in [0.15, 0.2) is 0 Å². The lowest BCUT2D eigenvalue weighted by Gasteiger charge is -2.26. The van der Waals surface area contributed by atoms with Crippen molar-refractivity contribution in [3.63, 3.8) is 0 Å². The maximum Gasteiger partial charge on any atom is 0.0780 e. The van der Waals surface area contributed by atoms with Gasteiger partial charge in [-0.1, -0.05) is 13.8 Å². The molecule has 1 unspecified atom stereocenters. The van der Waals surface area contributed by atoms with E-state index in [1.165, 1.54) is 32.2 Å². The minimum Gasteiger partial charge on any atom is -0.331 e. The molecule has 1 atom stereocenters. The fourth-order valence-electron chi connectivity index (χ4n) is 2.44. The van der Waals surface area contributed by atoms with Gasteiger partial charge in [-0.25, -0.2) is 0 Å². The number of quaternary nitrogens is 1. The van der Waals surface area contributed by atoms with Crippen LogP contribution in [0, 0.1) is 11.8 Å². The van der Waals surface area contributed by atoms with E-state index in [1.807, 2.05) is 0 Å². The first-order chi connectivity index (χ1) is 8.51. The van der Waals surface area contributed by atoms with Crippen LogP contribution in [0.1, 0.15) is 60.3 Å². The molecule has 0 saturated carbocycles. The molecular weight excluding hydrogens is 232 g/mol. The number of unbranched alkanes of at least 4 members (excludes halogenated alkanes) is 1. The first kappa shape index (κ1) is 18.9. The molecule has 116 valence electrons. The van der Waals surface area contributed by atoms with Crippen LogP contribution in [0.4, 0.5) is 0 Å². The van der Waals surface area contributed by atoms with E-state index in [9.17, 15) is 0 Å². The lowest BCUT2D eigenvalue weighted by Crippen LogP contribution is -2.37. The Kier molecular flexibility index (Phi) is 8.23. The van der Waals surface area contributed by atoms with Crippen LogP contribution in [0.3, 0.4) is 0 Å². The van der Waals surface area contributed by atoms with Gasteiger partial charge in [-0.05, 0) is 64.8 Å². The minimum absolute atomic E-state index is 0.255. The fraction of sp³-hybridized carbons (Fsp3) is 1.00. The Morgan fingerprint density at radius 1 is 0.947 bits per heavy atom. The first-order valence-corrected chi connectivity index (χ1v) is 8.07. The predicted molar refractivity (Wildman–Crippen MR) is 87.5 cm³/mol. The summed E-state index contributed by atoms with van der Waals surface area (Å²) in [6.45, 7) is 14.0. The van der Waals surface area contributed by atoms with Crippen LogP contribution < -0.4 is 5.32 Å². The molecule has 0 aromatic rings. The SMILES string of the molecule is CC(C)C(CCCC[N+](C)(C)C)CCNC(C)(C)C. The van der Waals surface area contributed by atoms with Gasteiger partial charge in [0.25, 0.3) is 0 Å². The van der Waals surface area contributed by atoms with E-state index >= 15 is 0 Å². The van der Waals surface area contributed by atoms with E-state index in [0.717, 1.165) is 22.9 Å². The molecule has 2 heteroatoms. The zero-order valence-corrected chi connectivity index (χ0v) is 14.8. The third-order valence-corrected chi connectivity index (χ3v) is 3.77. The van der Waals surface area contributed by atoms with Crippen molar-refractivity contribution in [3.8, 4) is 0 Å². The van der Waals surface area contributed by atoms with Crippen molar-refractivity contribution >= 4 is 0 Å². The maximum atomic E-state index is 3.62. The van der Waals surface area contributed by atoms with Gasteiger partial charge < -0.3 is 9.80 Å². The van der Waals surface area contributed by atoms with E-state index in [-0.39, 0.29) is 5.54 Å². The van der Waals surface area contributed by atoms with Crippen LogP contribution in [-0.2, 0) is 0 Å². The molecule has 0 aliphatic rings. The third-order valence-electron chi connectivity index (χ3n) is 3.77. The molecule has 2 nitrogen and oxygen atoms in total. The average Bonchev–Trinajstić information content (AvgIpc) is 2.17. The van der Waals surface area contributed by atoms with Gasteiger partial charge in [-0.2, -0.15) is 0 Å². The number of rotatable bonds is 9. The smallest absolute Gasteiger partial charge is 0.0780 e. The van der Waals surface area contributed by atoms with Gasteiger partial charge in [0.1, 0.15) is 0 Å². The molecule has 0 spiro atoms. The van der Waals surface area contributed by atoms with Gasteiger partial charge in [0.15, 0.2) is 0 Å². The molecule has 0 aliphatic heterocycles. The molecular formula is C17H39N2+. The van der Waals surface area contributed by atoms with Gasteiger partial charge in [-0.3, -0.25) is 0 Å². The maximum absolute atomic E-state index is 3.62. The monoisotopic (exact) mass is 271 g/mol. The predicted octanol–water partition coefficient (Wildman–Crippen LogP) is 3.91. The summed E-state index contributed by atoms with van der Waals surface area (Å²) < 4.78 is 1.10. The summed E-state index contributed by atoms with van der Waals surface area (Å²) in [5.41, 5.74) is 0.255. The summed E-state index contributed by atoms with van der Waals surface area (Å²) in [5, 5.41) is 3.62. The van der Waals surface area contributed by atoms with Crippen LogP contribution in [0.25, 0.3) is 0 Å². The number of hydrogen-bond acceptors (Lipinski definition) is 1. The summed E-state index contributed by atoms with van der Waals surface area (Å²) in [7, 11) is 6.85. The van der Waals surface area contributed by atoms with Crippen molar-refractivity contribution in [2.75, 3.05) is 34.2 Å². The van der Waals surface area contributed by atoms with Gasteiger partial charge in [0.05, 0.1) is 27.7 Å². The molecule has 0 amide bonds. The summed E-state index contributed by atoms with van der Waals surface area (Å²) in [5.74, 6) is 1.69. The lowest BCUT2D eigenvalue weighted by molar-refractivity contribution is -0.870. The molecule has 0 saturated heterocycles. The Morgan fingerprint density at radius 3 is 1.95 bits per heavy atom. The second-order valence-electron chi connectivity index (χ2n) is 8.48. The molecule has 0 heterocycles. The molecule has 19 heavy (non-hydrogen) atoms. The van der Waals surface area contributed by atoms with Crippen LogP contribution >= 0.6 is 0 Å². The third kappa shape index (κ3) is 12.7. The van der Waals surface area contributed by atoms with Gasteiger partial charge >= 0.3 is 0 Å². The second-order valence-corrected chi connectivity index (χ2v) is 8.48. The summed E-state index contributed by atoms with van der Waals surface area (Å²) in [6.07, 6.45) is 5.45.